The van der Waals surface area contributed by atoms with E-state index in [0.29, 0.717) is 18.5 Å². The molecule has 20 heavy (non-hydrogen) atoms. The highest BCUT2D eigenvalue weighted by Gasteiger charge is 2.20. The number of hydrogen-bond acceptors (Lipinski definition) is 4. The van der Waals surface area contributed by atoms with Crippen LogP contribution in [0.5, 0.6) is 11.5 Å². The van der Waals surface area contributed by atoms with Crippen molar-refractivity contribution < 1.29 is 14.6 Å². The Hall–Kier alpha value is -1.26. The summed E-state index contributed by atoms with van der Waals surface area (Å²) in [5.74, 6) is 2.06. The van der Waals surface area contributed by atoms with Crippen LogP contribution in [0, 0.1) is 5.92 Å². The molecule has 112 valence electrons. The molecule has 1 heterocycles. The second-order valence-corrected chi connectivity index (χ2v) is 6.07. The van der Waals surface area contributed by atoms with Crippen LogP contribution in [0.1, 0.15) is 39.4 Å². The molecular weight excluding hydrogens is 254 g/mol. The molecule has 1 N–H and O–H groups in total. The Bertz CT molecular complexity index is 445. The van der Waals surface area contributed by atoms with Crippen LogP contribution in [-0.4, -0.2) is 35.9 Å². The van der Waals surface area contributed by atoms with Gasteiger partial charge in [0.25, 0.3) is 0 Å². The molecular formula is C16H25NO3. The molecule has 4 nitrogen and oxygen atoms in total. The quantitative estimate of drug-likeness (QED) is 0.869. The van der Waals surface area contributed by atoms with Crippen molar-refractivity contribution in [1.82, 2.24) is 4.90 Å². The van der Waals surface area contributed by atoms with E-state index in [1.54, 1.807) is 0 Å². The Balaban J connectivity index is 2.04. The number of nitrogens with zero attached hydrogens (tertiary/aromatic N) is 1. The van der Waals surface area contributed by atoms with Gasteiger partial charge >= 0.3 is 0 Å². The van der Waals surface area contributed by atoms with Crippen LogP contribution in [-0.2, 0) is 0 Å². The third-order valence-corrected chi connectivity index (χ3v) is 3.52. The van der Waals surface area contributed by atoms with E-state index in [1.807, 2.05) is 18.2 Å². The van der Waals surface area contributed by atoms with Gasteiger partial charge < -0.3 is 14.6 Å². The molecule has 1 unspecified atom stereocenters. The predicted molar refractivity (Wildman–Crippen MR) is 79.1 cm³/mol. The number of aliphatic hydroxyl groups excluding tert-OH is 1. The molecule has 2 rings (SSSR count). The summed E-state index contributed by atoms with van der Waals surface area (Å²) in [4.78, 5) is 2.31. The molecule has 0 aromatic heterocycles. The van der Waals surface area contributed by atoms with Gasteiger partial charge in [0.15, 0.2) is 11.5 Å². The number of benzene rings is 1. The normalized spacial score (nSPS) is 15.4. The van der Waals surface area contributed by atoms with E-state index in [1.165, 1.54) is 0 Å². The van der Waals surface area contributed by atoms with Gasteiger partial charge in [0.1, 0.15) is 0 Å². The molecule has 1 aliphatic heterocycles. The Kier molecular flexibility index (Phi) is 4.89. The van der Waals surface area contributed by atoms with Gasteiger partial charge in [0.05, 0.1) is 6.10 Å². The molecule has 0 saturated carbocycles. The molecule has 0 bridgehead atoms. The van der Waals surface area contributed by atoms with E-state index >= 15 is 0 Å². The summed E-state index contributed by atoms with van der Waals surface area (Å²) in [5.41, 5.74) is 0.878. The number of rotatable bonds is 6. The Morgan fingerprint density at radius 3 is 2.45 bits per heavy atom. The molecule has 0 spiro atoms. The lowest BCUT2D eigenvalue weighted by Crippen LogP contribution is -2.37. The molecule has 0 amide bonds. The van der Waals surface area contributed by atoms with Crippen LogP contribution in [0.15, 0.2) is 18.2 Å². The van der Waals surface area contributed by atoms with Gasteiger partial charge in [-0.15, -0.1) is 0 Å². The third kappa shape index (κ3) is 3.64. The zero-order chi connectivity index (χ0) is 14.7. The largest absolute Gasteiger partial charge is 0.454 e. The minimum atomic E-state index is -0.509. The smallest absolute Gasteiger partial charge is 0.231 e. The van der Waals surface area contributed by atoms with E-state index in [9.17, 15) is 5.11 Å². The maximum absolute atomic E-state index is 10.4. The van der Waals surface area contributed by atoms with E-state index in [0.717, 1.165) is 23.6 Å². The minimum Gasteiger partial charge on any atom is -0.454 e. The second kappa shape index (κ2) is 6.46. The SMILES string of the molecule is CC(C)CN(CC(O)c1ccc2c(c1)OCO2)C(C)C. The third-order valence-electron chi connectivity index (χ3n) is 3.52. The molecule has 0 radical (unpaired) electrons. The van der Waals surface area contributed by atoms with Crippen molar-refractivity contribution in [3.63, 3.8) is 0 Å². The first-order chi connectivity index (χ1) is 9.47. The van der Waals surface area contributed by atoms with E-state index in [-0.39, 0.29) is 6.79 Å². The van der Waals surface area contributed by atoms with Crippen molar-refractivity contribution >= 4 is 0 Å². The van der Waals surface area contributed by atoms with Crippen LogP contribution < -0.4 is 9.47 Å². The zero-order valence-electron chi connectivity index (χ0n) is 12.8. The van der Waals surface area contributed by atoms with Gasteiger partial charge in [-0.25, -0.2) is 0 Å². The summed E-state index contributed by atoms with van der Waals surface area (Å²) in [7, 11) is 0. The second-order valence-electron chi connectivity index (χ2n) is 6.07. The van der Waals surface area contributed by atoms with Crippen molar-refractivity contribution in [3.05, 3.63) is 23.8 Å². The monoisotopic (exact) mass is 279 g/mol. The first-order valence-corrected chi connectivity index (χ1v) is 7.29. The van der Waals surface area contributed by atoms with Crippen LogP contribution in [0.25, 0.3) is 0 Å². The average Bonchev–Trinajstić information content (AvgIpc) is 2.84. The minimum absolute atomic E-state index is 0.264. The van der Waals surface area contributed by atoms with Gasteiger partial charge in [-0.05, 0) is 37.5 Å². The molecule has 0 fully saturated rings. The molecule has 0 aliphatic carbocycles. The summed E-state index contributed by atoms with van der Waals surface area (Å²) in [6.07, 6.45) is -0.509. The molecule has 0 saturated heterocycles. The van der Waals surface area contributed by atoms with E-state index < -0.39 is 6.10 Å². The Labute approximate surface area is 121 Å². The van der Waals surface area contributed by atoms with Crippen LogP contribution >= 0.6 is 0 Å². The van der Waals surface area contributed by atoms with E-state index in [2.05, 4.69) is 32.6 Å². The van der Waals surface area contributed by atoms with Crippen molar-refractivity contribution in [2.45, 2.75) is 39.8 Å². The van der Waals surface area contributed by atoms with Crippen LogP contribution in [0.3, 0.4) is 0 Å². The number of fused-ring (bicyclic) bond motifs is 1. The maximum Gasteiger partial charge on any atom is 0.231 e. The molecule has 1 aromatic carbocycles. The Morgan fingerprint density at radius 2 is 1.80 bits per heavy atom. The highest BCUT2D eigenvalue weighted by atomic mass is 16.7. The lowest BCUT2D eigenvalue weighted by Gasteiger charge is -2.30. The average molecular weight is 279 g/mol. The van der Waals surface area contributed by atoms with Crippen LogP contribution in [0.2, 0.25) is 0 Å². The molecule has 4 heteroatoms. The highest BCUT2D eigenvalue weighted by Crippen LogP contribution is 2.34. The van der Waals surface area contributed by atoms with Crippen LogP contribution in [0.4, 0.5) is 0 Å². The summed E-state index contributed by atoms with van der Waals surface area (Å²) >= 11 is 0. The molecule has 1 atom stereocenters. The number of hydrogen-bond donors (Lipinski definition) is 1. The highest BCUT2D eigenvalue weighted by molar-refractivity contribution is 5.45. The molecule has 1 aromatic rings. The fourth-order valence-electron chi connectivity index (χ4n) is 2.41. The van der Waals surface area contributed by atoms with Crippen molar-refractivity contribution in [1.29, 1.82) is 0 Å². The Morgan fingerprint density at radius 1 is 1.10 bits per heavy atom. The standard InChI is InChI=1S/C16H25NO3/c1-11(2)8-17(12(3)4)9-14(18)13-5-6-15-16(7-13)20-10-19-15/h5-7,11-12,14,18H,8-10H2,1-4H3. The first-order valence-electron chi connectivity index (χ1n) is 7.29. The summed E-state index contributed by atoms with van der Waals surface area (Å²) in [6, 6.07) is 6.07. The lowest BCUT2D eigenvalue weighted by atomic mass is 10.1. The molecule has 1 aliphatic rings. The zero-order valence-corrected chi connectivity index (χ0v) is 12.8. The summed E-state index contributed by atoms with van der Waals surface area (Å²) in [5, 5.41) is 10.4. The maximum atomic E-state index is 10.4. The fraction of sp³-hybridized carbons (Fsp3) is 0.625. The van der Waals surface area contributed by atoms with Crippen molar-refractivity contribution in [3.8, 4) is 11.5 Å². The first kappa shape index (κ1) is 15.1. The topological polar surface area (TPSA) is 41.9 Å². The van der Waals surface area contributed by atoms with E-state index in [4.69, 9.17) is 9.47 Å². The van der Waals surface area contributed by atoms with Gasteiger partial charge in [-0.2, -0.15) is 0 Å². The fourth-order valence-corrected chi connectivity index (χ4v) is 2.41. The number of ether oxygens (including phenoxy) is 2. The van der Waals surface area contributed by atoms with Gasteiger partial charge in [0, 0.05) is 19.1 Å². The van der Waals surface area contributed by atoms with Crippen molar-refractivity contribution in [2.24, 2.45) is 5.92 Å². The lowest BCUT2D eigenvalue weighted by molar-refractivity contribution is 0.0876. The summed E-state index contributed by atoms with van der Waals surface area (Å²) < 4.78 is 10.7. The predicted octanol–water partition coefficient (Wildman–Crippen LogP) is 2.82. The van der Waals surface area contributed by atoms with Crippen molar-refractivity contribution in [2.75, 3.05) is 19.9 Å². The van der Waals surface area contributed by atoms with Gasteiger partial charge in [0.2, 0.25) is 6.79 Å². The summed E-state index contributed by atoms with van der Waals surface area (Å²) in [6.45, 7) is 10.6. The van der Waals surface area contributed by atoms with Gasteiger partial charge in [-0.3, -0.25) is 4.90 Å². The number of aliphatic hydroxyl groups is 1. The van der Waals surface area contributed by atoms with Gasteiger partial charge in [-0.1, -0.05) is 19.9 Å².